The molecule has 0 radical (unpaired) electrons. The van der Waals surface area contributed by atoms with Gasteiger partial charge in [0, 0.05) is 0 Å². The molecule has 2 aliphatic carbocycles. The summed E-state index contributed by atoms with van der Waals surface area (Å²) < 4.78 is 15.8. The van der Waals surface area contributed by atoms with Crippen LogP contribution in [-0.4, -0.2) is 38.4 Å². The summed E-state index contributed by atoms with van der Waals surface area (Å²) in [5, 5.41) is 0. The largest absolute Gasteiger partial charge is 0.463 e. The molecule has 1 heterocycles. The van der Waals surface area contributed by atoms with E-state index in [1.807, 2.05) is 0 Å². The van der Waals surface area contributed by atoms with Crippen molar-refractivity contribution < 1.29 is 23.8 Å². The molecule has 112 valence electrons. The summed E-state index contributed by atoms with van der Waals surface area (Å²) in [7, 11) is 0. The van der Waals surface area contributed by atoms with Gasteiger partial charge in [0.1, 0.15) is 13.2 Å². The summed E-state index contributed by atoms with van der Waals surface area (Å²) in [6.07, 6.45) is 0.943. The lowest BCUT2D eigenvalue weighted by molar-refractivity contribution is -0.165. The number of ether oxygens (including phenoxy) is 3. The summed E-state index contributed by atoms with van der Waals surface area (Å²) in [5.41, 5.74) is 0. The van der Waals surface area contributed by atoms with Crippen molar-refractivity contribution >= 4 is 11.9 Å². The predicted molar refractivity (Wildman–Crippen MR) is 69.6 cm³/mol. The number of carbonyl (C=O) groups excluding carboxylic acids is 2. The van der Waals surface area contributed by atoms with Gasteiger partial charge in [-0.2, -0.15) is 0 Å². The molecule has 0 aromatic rings. The van der Waals surface area contributed by atoms with Crippen LogP contribution in [0.4, 0.5) is 0 Å². The van der Waals surface area contributed by atoms with Gasteiger partial charge in [-0.3, -0.25) is 9.59 Å². The third kappa shape index (κ3) is 2.12. The molecule has 1 saturated heterocycles. The lowest BCUT2D eigenvalue weighted by Gasteiger charge is -2.35. The minimum absolute atomic E-state index is 0.247. The predicted octanol–water partition coefficient (Wildman–Crippen LogP) is 1.26. The van der Waals surface area contributed by atoms with E-state index >= 15 is 0 Å². The lowest BCUT2D eigenvalue weighted by Crippen LogP contribution is -2.42. The Balaban J connectivity index is 1.86. The zero-order valence-corrected chi connectivity index (χ0v) is 12.0. The maximum absolute atomic E-state index is 12.3. The van der Waals surface area contributed by atoms with Crippen LogP contribution in [0, 0.1) is 35.5 Å². The molecule has 3 aliphatic rings. The standard InChI is InChI=1S/C15H22O5/c1-8-9(2)11-7-10(8)12-13(11)15(17)20-6-4-18-3-5-19-14(12)16/h8-13H,3-7H2,1-2H3. The maximum Gasteiger partial charge on any atom is 0.310 e. The number of hydrogen-bond donors (Lipinski definition) is 0. The SMILES string of the molecule is CC1C(C)C2CC1C1C(=O)OCCOCCOC(=O)C21. The molecule has 2 bridgehead atoms. The summed E-state index contributed by atoms with van der Waals surface area (Å²) in [6.45, 7) is 5.60. The molecule has 0 aromatic heterocycles. The first-order valence-corrected chi connectivity index (χ1v) is 7.52. The number of carbonyl (C=O) groups is 2. The van der Waals surface area contributed by atoms with Gasteiger partial charge < -0.3 is 14.2 Å². The molecule has 2 saturated carbocycles. The Morgan fingerprint density at radius 2 is 1.25 bits per heavy atom. The number of cyclic esters (lactones) is 2. The van der Waals surface area contributed by atoms with Crippen LogP contribution < -0.4 is 0 Å². The Kier molecular flexibility index (Phi) is 3.71. The van der Waals surface area contributed by atoms with E-state index in [0.29, 0.717) is 25.0 Å². The third-order valence-electron chi connectivity index (χ3n) is 5.52. The highest BCUT2D eigenvalue weighted by atomic mass is 16.6. The molecule has 3 rings (SSSR count). The van der Waals surface area contributed by atoms with Crippen LogP contribution in [-0.2, 0) is 23.8 Å². The fraction of sp³-hybridized carbons (Fsp3) is 0.867. The Bertz CT molecular complexity index is 371. The second-order valence-electron chi connectivity index (χ2n) is 6.28. The highest BCUT2D eigenvalue weighted by Crippen LogP contribution is 2.58. The zero-order valence-electron chi connectivity index (χ0n) is 12.0. The van der Waals surface area contributed by atoms with Crippen LogP contribution in [0.5, 0.6) is 0 Å². The van der Waals surface area contributed by atoms with Crippen LogP contribution in [0.3, 0.4) is 0 Å². The van der Waals surface area contributed by atoms with Gasteiger partial charge >= 0.3 is 11.9 Å². The van der Waals surface area contributed by atoms with Gasteiger partial charge in [-0.05, 0) is 30.1 Å². The first-order chi connectivity index (χ1) is 9.61. The van der Waals surface area contributed by atoms with Gasteiger partial charge in [-0.1, -0.05) is 13.8 Å². The minimum Gasteiger partial charge on any atom is -0.463 e. The highest BCUT2D eigenvalue weighted by molar-refractivity contribution is 5.84. The van der Waals surface area contributed by atoms with Crippen molar-refractivity contribution in [2.24, 2.45) is 35.5 Å². The first-order valence-electron chi connectivity index (χ1n) is 7.52. The smallest absolute Gasteiger partial charge is 0.310 e. The number of fused-ring (bicyclic) bond motifs is 5. The van der Waals surface area contributed by atoms with Gasteiger partial charge in [0.2, 0.25) is 0 Å². The Morgan fingerprint density at radius 3 is 1.70 bits per heavy atom. The monoisotopic (exact) mass is 282 g/mol. The molecule has 3 fully saturated rings. The van der Waals surface area contributed by atoms with Crippen LogP contribution in [0.2, 0.25) is 0 Å². The summed E-state index contributed by atoms with van der Waals surface area (Å²) in [4.78, 5) is 24.7. The van der Waals surface area contributed by atoms with Crippen molar-refractivity contribution in [2.45, 2.75) is 20.3 Å². The molecular weight excluding hydrogens is 260 g/mol. The average molecular weight is 282 g/mol. The molecule has 0 spiro atoms. The molecule has 6 unspecified atom stereocenters. The van der Waals surface area contributed by atoms with Gasteiger partial charge in [-0.25, -0.2) is 0 Å². The third-order valence-corrected chi connectivity index (χ3v) is 5.52. The number of rotatable bonds is 0. The number of esters is 2. The van der Waals surface area contributed by atoms with Crippen LogP contribution in [0.1, 0.15) is 20.3 Å². The van der Waals surface area contributed by atoms with Gasteiger partial charge in [0.05, 0.1) is 25.0 Å². The van der Waals surface area contributed by atoms with Crippen LogP contribution in [0.15, 0.2) is 0 Å². The summed E-state index contributed by atoms with van der Waals surface area (Å²) >= 11 is 0. The molecular formula is C15H22O5. The topological polar surface area (TPSA) is 61.8 Å². The van der Waals surface area contributed by atoms with Crippen molar-refractivity contribution in [3.05, 3.63) is 0 Å². The molecule has 5 heteroatoms. The highest BCUT2D eigenvalue weighted by Gasteiger charge is 2.60. The average Bonchev–Trinajstić information content (AvgIpc) is 2.93. The maximum atomic E-state index is 12.3. The van der Waals surface area contributed by atoms with E-state index in [4.69, 9.17) is 14.2 Å². The Morgan fingerprint density at radius 1 is 0.800 bits per heavy atom. The molecule has 6 atom stereocenters. The molecule has 0 N–H and O–H groups in total. The first kappa shape index (κ1) is 13.9. The quantitative estimate of drug-likeness (QED) is 0.626. The van der Waals surface area contributed by atoms with E-state index in [2.05, 4.69) is 13.8 Å². The second-order valence-corrected chi connectivity index (χ2v) is 6.28. The van der Waals surface area contributed by atoms with Crippen molar-refractivity contribution in [2.75, 3.05) is 26.4 Å². The van der Waals surface area contributed by atoms with E-state index in [9.17, 15) is 9.59 Å². The second kappa shape index (κ2) is 5.35. The summed E-state index contributed by atoms with van der Waals surface area (Å²) in [6, 6.07) is 0. The van der Waals surface area contributed by atoms with Gasteiger partial charge in [0.15, 0.2) is 0 Å². The van der Waals surface area contributed by atoms with Crippen LogP contribution >= 0.6 is 0 Å². The summed E-state index contributed by atoms with van der Waals surface area (Å²) in [5.74, 6) is 0.287. The van der Waals surface area contributed by atoms with E-state index in [0.717, 1.165) is 6.42 Å². The van der Waals surface area contributed by atoms with Crippen LogP contribution in [0.25, 0.3) is 0 Å². The fourth-order valence-electron chi connectivity index (χ4n) is 4.34. The number of hydrogen-bond acceptors (Lipinski definition) is 5. The molecule has 5 nitrogen and oxygen atoms in total. The molecule has 1 aliphatic heterocycles. The zero-order chi connectivity index (χ0) is 14.3. The van der Waals surface area contributed by atoms with Crippen molar-refractivity contribution in [1.29, 1.82) is 0 Å². The van der Waals surface area contributed by atoms with Crippen molar-refractivity contribution in [1.82, 2.24) is 0 Å². The van der Waals surface area contributed by atoms with E-state index < -0.39 is 0 Å². The lowest BCUT2D eigenvalue weighted by atomic mass is 9.69. The van der Waals surface area contributed by atoms with Gasteiger partial charge in [-0.15, -0.1) is 0 Å². The molecule has 20 heavy (non-hydrogen) atoms. The van der Waals surface area contributed by atoms with Crippen molar-refractivity contribution in [3.8, 4) is 0 Å². The molecule has 0 amide bonds. The van der Waals surface area contributed by atoms with Gasteiger partial charge in [0.25, 0.3) is 0 Å². The van der Waals surface area contributed by atoms with E-state index in [1.54, 1.807) is 0 Å². The minimum atomic E-state index is -0.322. The van der Waals surface area contributed by atoms with E-state index in [1.165, 1.54) is 0 Å². The fourth-order valence-corrected chi connectivity index (χ4v) is 4.34. The Labute approximate surface area is 118 Å². The molecule has 0 aromatic carbocycles. The Hall–Kier alpha value is -1.10. The normalized spacial score (nSPS) is 45.3. The van der Waals surface area contributed by atoms with Crippen molar-refractivity contribution in [3.63, 3.8) is 0 Å². The van der Waals surface area contributed by atoms with E-state index in [-0.39, 0.29) is 48.8 Å².